The highest BCUT2D eigenvalue weighted by Crippen LogP contribution is 2.63. The minimum atomic E-state index is -0.153. The first-order valence-electron chi connectivity index (χ1n) is 13.8. The van der Waals surface area contributed by atoms with Gasteiger partial charge in [0.2, 0.25) is 0 Å². The molecule has 5 rings (SSSR count). The molecule has 1 aliphatic heterocycles. The number of hydrogen-bond acceptors (Lipinski definition) is 3. The van der Waals surface area contributed by atoms with E-state index in [0.29, 0.717) is 12.0 Å². The Hall–Kier alpha value is -1.94. The van der Waals surface area contributed by atoms with E-state index in [2.05, 4.69) is 25.1 Å². The normalized spacial score (nSPS) is 32.1. The van der Waals surface area contributed by atoms with Gasteiger partial charge in [0.25, 0.3) is 11.8 Å². The van der Waals surface area contributed by atoms with E-state index in [-0.39, 0.29) is 18.4 Å². The topological polar surface area (TPSA) is 57.6 Å². The second-order valence-electron chi connectivity index (χ2n) is 11.6. The molecule has 4 nitrogen and oxygen atoms in total. The third-order valence-corrected chi connectivity index (χ3v) is 10.0. The molecule has 0 aromatic heterocycles. The van der Waals surface area contributed by atoms with Gasteiger partial charge in [0.15, 0.2) is 0 Å². The van der Waals surface area contributed by atoms with Gasteiger partial charge >= 0.3 is 0 Å². The summed E-state index contributed by atoms with van der Waals surface area (Å²) in [5.41, 5.74) is 4.68. The van der Waals surface area contributed by atoms with Gasteiger partial charge in [-0.05, 0) is 97.1 Å². The SMILES string of the molecule is C[C@]12CC[C@@H]3c4ccc(CO)cc4CC[C@H]3[C@@H]1CC[C@@H]2CCCCCCCN1C(=O)C=CC1=O. The van der Waals surface area contributed by atoms with Crippen molar-refractivity contribution in [1.82, 2.24) is 4.90 Å². The van der Waals surface area contributed by atoms with Crippen molar-refractivity contribution in [3.8, 4) is 0 Å². The average Bonchev–Trinajstić information content (AvgIpc) is 3.36. The lowest BCUT2D eigenvalue weighted by Gasteiger charge is -2.51. The zero-order valence-corrected chi connectivity index (χ0v) is 20.8. The minimum Gasteiger partial charge on any atom is -0.392 e. The first kappa shape index (κ1) is 23.8. The van der Waals surface area contributed by atoms with Crippen LogP contribution in [-0.2, 0) is 22.6 Å². The second-order valence-corrected chi connectivity index (χ2v) is 11.6. The molecule has 34 heavy (non-hydrogen) atoms. The number of fused-ring (bicyclic) bond motifs is 5. The number of carbonyl (C=O) groups excluding carboxylic acids is 2. The van der Waals surface area contributed by atoms with Gasteiger partial charge in [-0.1, -0.05) is 50.8 Å². The molecule has 5 atom stereocenters. The molecule has 0 saturated heterocycles. The molecule has 1 aromatic carbocycles. The van der Waals surface area contributed by atoms with Crippen molar-refractivity contribution in [3.63, 3.8) is 0 Å². The number of carbonyl (C=O) groups is 2. The van der Waals surface area contributed by atoms with E-state index in [1.165, 1.54) is 86.8 Å². The fourth-order valence-electron chi connectivity index (χ4n) is 8.16. The van der Waals surface area contributed by atoms with Crippen molar-refractivity contribution < 1.29 is 14.7 Å². The van der Waals surface area contributed by atoms with Crippen molar-refractivity contribution in [3.05, 3.63) is 47.0 Å². The molecule has 1 N–H and O–H groups in total. The van der Waals surface area contributed by atoms with Crippen molar-refractivity contribution in [2.75, 3.05) is 6.54 Å². The Morgan fingerprint density at radius 3 is 2.53 bits per heavy atom. The summed E-state index contributed by atoms with van der Waals surface area (Å²) >= 11 is 0. The van der Waals surface area contributed by atoms with E-state index in [1.54, 1.807) is 5.56 Å². The molecule has 4 aliphatic rings. The first-order chi connectivity index (χ1) is 16.5. The Balaban J connectivity index is 1.08. The highest BCUT2D eigenvalue weighted by molar-refractivity contribution is 6.12. The molecule has 184 valence electrons. The second kappa shape index (κ2) is 9.97. The van der Waals surface area contributed by atoms with Crippen LogP contribution in [0.2, 0.25) is 0 Å². The van der Waals surface area contributed by atoms with Crippen molar-refractivity contribution in [2.45, 2.75) is 96.5 Å². The predicted molar refractivity (Wildman–Crippen MR) is 134 cm³/mol. The van der Waals surface area contributed by atoms with Gasteiger partial charge in [0.1, 0.15) is 0 Å². The number of nitrogens with zero attached hydrogens (tertiary/aromatic N) is 1. The Bertz CT molecular complexity index is 934. The van der Waals surface area contributed by atoms with Gasteiger partial charge in [-0.2, -0.15) is 0 Å². The van der Waals surface area contributed by atoms with Crippen molar-refractivity contribution in [2.24, 2.45) is 23.2 Å². The third-order valence-electron chi connectivity index (χ3n) is 10.0. The number of rotatable bonds is 9. The average molecular weight is 464 g/mol. The molecule has 0 spiro atoms. The summed E-state index contributed by atoms with van der Waals surface area (Å²) < 4.78 is 0. The summed E-state index contributed by atoms with van der Waals surface area (Å²) in [5.74, 6) is 3.04. The Kier molecular flexibility index (Phi) is 6.97. The van der Waals surface area contributed by atoms with Gasteiger partial charge in [-0.15, -0.1) is 0 Å². The van der Waals surface area contributed by atoms with E-state index < -0.39 is 0 Å². The fourth-order valence-corrected chi connectivity index (χ4v) is 8.16. The minimum absolute atomic E-state index is 0.152. The molecule has 4 heteroatoms. The molecular formula is C30H41NO3. The highest BCUT2D eigenvalue weighted by Gasteiger charge is 2.54. The van der Waals surface area contributed by atoms with Crippen LogP contribution in [0.15, 0.2) is 30.4 Å². The van der Waals surface area contributed by atoms with Crippen LogP contribution >= 0.6 is 0 Å². The quantitative estimate of drug-likeness (QED) is 0.365. The van der Waals surface area contributed by atoms with Gasteiger partial charge < -0.3 is 5.11 Å². The monoisotopic (exact) mass is 463 g/mol. The lowest BCUT2D eigenvalue weighted by molar-refractivity contribution is -0.136. The zero-order chi connectivity index (χ0) is 23.7. The van der Waals surface area contributed by atoms with E-state index in [4.69, 9.17) is 0 Å². The largest absolute Gasteiger partial charge is 0.392 e. The van der Waals surface area contributed by atoms with Gasteiger partial charge in [0.05, 0.1) is 6.61 Å². The van der Waals surface area contributed by atoms with Crippen LogP contribution in [0.4, 0.5) is 0 Å². The molecule has 0 bridgehead atoms. The fraction of sp³-hybridized carbons (Fsp3) is 0.667. The Morgan fingerprint density at radius 2 is 1.74 bits per heavy atom. The van der Waals surface area contributed by atoms with Crippen LogP contribution in [0.25, 0.3) is 0 Å². The lowest BCUT2D eigenvalue weighted by atomic mass is 9.54. The molecule has 2 fully saturated rings. The Morgan fingerprint density at radius 1 is 0.971 bits per heavy atom. The predicted octanol–water partition coefficient (Wildman–Crippen LogP) is 5.92. The number of imide groups is 1. The smallest absolute Gasteiger partial charge is 0.253 e. The Labute approximate surface area is 204 Å². The number of unbranched alkanes of at least 4 members (excludes halogenated alkanes) is 4. The van der Waals surface area contributed by atoms with Gasteiger partial charge in [-0.25, -0.2) is 0 Å². The van der Waals surface area contributed by atoms with Crippen LogP contribution in [0.5, 0.6) is 0 Å². The maximum absolute atomic E-state index is 11.6. The zero-order valence-electron chi connectivity index (χ0n) is 20.8. The summed E-state index contributed by atoms with van der Waals surface area (Å²) in [6.07, 6.45) is 18.0. The van der Waals surface area contributed by atoms with E-state index >= 15 is 0 Å². The number of aryl methyl sites for hydroxylation is 1. The first-order valence-corrected chi connectivity index (χ1v) is 13.8. The summed E-state index contributed by atoms with van der Waals surface area (Å²) in [5, 5.41) is 9.52. The molecule has 1 aromatic rings. The summed E-state index contributed by atoms with van der Waals surface area (Å²) in [7, 11) is 0. The van der Waals surface area contributed by atoms with Gasteiger partial charge in [-0.3, -0.25) is 14.5 Å². The third kappa shape index (κ3) is 4.39. The summed E-state index contributed by atoms with van der Waals surface area (Å²) in [6, 6.07) is 6.73. The van der Waals surface area contributed by atoms with Gasteiger partial charge in [0, 0.05) is 18.7 Å². The molecule has 3 aliphatic carbocycles. The number of benzene rings is 1. The maximum Gasteiger partial charge on any atom is 0.253 e. The molecule has 2 amide bonds. The van der Waals surface area contributed by atoms with Crippen LogP contribution in [0, 0.1) is 23.2 Å². The lowest BCUT2D eigenvalue weighted by Crippen LogP contribution is -2.42. The number of aliphatic hydroxyl groups is 1. The summed E-state index contributed by atoms with van der Waals surface area (Å²) in [6.45, 7) is 3.34. The van der Waals surface area contributed by atoms with Crippen LogP contribution in [0.1, 0.15) is 100 Å². The standard InChI is InChI=1S/C30H41NO3/c1-30-17-16-25-24-11-8-21(20-32)19-22(24)9-12-26(25)27(30)13-10-23(30)7-5-3-2-4-6-18-31-28(33)14-15-29(31)34/h8,11,14-15,19,23,25-27,32H,2-7,9-10,12-13,16-18,20H2,1H3/t23-,25+,26+,27-,30+/m0/s1. The molecular weight excluding hydrogens is 422 g/mol. The number of aliphatic hydroxyl groups excluding tert-OH is 1. The van der Waals surface area contributed by atoms with E-state index in [9.17, 15) is 14.7 Å². The van der Waals surface area contributed by atoms with E-state index in [1.807, 2.05) is 0 Å². The van der Waals surface area contributed by atoms with E-state index in [0.717, 1.165) is 42.1 Å². The molecule has 0 unspecified atom stereocenters. The molecule has 0 radical (unpaired) electrons. The van der Waals surface area contributed by atoms with Crippen LogP contribution in [0.3, 0.4) is 0 Å². The van der Waals surface area contributed by atoms with Crippen LogP contribution < -0.4 is 0 Å². The van der Waals surface area contributed by atoms with Crippen molar-refractivity contribution in [1.29, 1.82) is 0 Å². The van der Waals surface area contributed by atoms with Crippen LogP contribution in [-0.4, -0.2) is 28.4 Å². The maximum atomic E-state index is 11.6. The highest BCUT2D eigenvalue weighted by atomic mass is 16.3. The van der Waals surface area contributed by atoms with Crippen molar-refractivity contribution >= 4 is 11.8 Å². The number of amides is 2. The molecule has 2 saturated carbocycles. The summed E-state index contributed by atoms with van der Waals surface area (Å²) in [4.78, 5) is 24.6. The number of hydrogen-bond donors (Lipinski definition) is 1. The molecule has 1 heterocycles.